The molecule has 48 valence electrons. The molecule has 1 fully saturated rings. The molecule has 2 atom stereocenters. The lowest BCUT2D eigenvalue weighted by Gasteiger charge is -1.89. The van der Waals surface area contributed by atoms with Crippen molar-refractivity contribution < 1.29 is 5.11 Å². The maximum absolute atomic E-state index is 8.81. The fraction of sp³-hybridized carbons (Fsp3) is 1.00. The van der Waals surface area contributed by atoms with Gasteiger partial charge >= 0.3 is 0 Å². The van der Waals surface area contributed by atoms with E-state index in [1.165, 1.54) is 0 Å². The minimum Gasteiger partial charge on any atom is -0.393 e. The van der Waals surface area contributed by atoms with Crippen molar-refractivity contribution in [1.29, 1.82) is 0 Å². The standard InChI is InChI=1S/C6H11ClO/c7-3-1-2-5-4-6(5)8/h5-6,8H,1-4H2/t5-,6+/m1/s1. The van der Waals surface area contributed by atoms with E-state index in [1.54, 1.807) is 0 Å². The maximum atomic E-state index is 8.81. The zero-order chi connectivity index (χ0) is 5.98. The number of alkyl halides is 1. The van der Waals surface area contributed by atoms with E-state index >= 15 is 0 Å². The first-order chi connectivity index (χ1) is 3.84. The van der Waals surface area contributed by atoms with Crippen LogP contribution in [0.2, 0.25) is 0 Å². The average molecular weight is 135 g/mol. The third-order valence-electron chi connectivity index (χ3n) is 1.59. The fourth-order valence-electron chi connectivity index (χ4n) is 0.881. The molecule has 0 radical (unpaired) electrons. The van der Waals surface area contributed by atoms with E-state index in [-0.39, 0.29) is 6.10 Å². The molecule has 2 heteroatoms. The lowest BCUT2D eigenvalue weighted by Crippen LogP contribution is -1.85. The third kappa shape index (κ3) is 1.64. The van der Waals surface area contributed by atoms with Gasteiger partial charge in [-0.25, -0.2) is 0 Å². The molecule has 0 aromatic rings. The number of halogens is 1. The topological polar surface area (TPSA) is 20.2 Å². The summed E-state index contributed by atoms with van der Waals surface area (Å²) in [4.78, 5) is 0. The van der Waals surface area contributed by atoms with Crippen LogP contribution in [0.4, 0.5) is 0 Å². The molecule has 0 spiro atoms. The first kappa shape index (κ1) is 6.37. The molecular weight excluding hydrogens is 124 g/mol. The first-order valence-corrected chi connectivity index (χ1v) is 3.62. The lowest BCUT2D eigenvalue weighted by molar-refractivity contribution is 0.256. The number of aliphatic hydroxyl groups is 1. The smallest absolute Gasteiger partial charge is 0.0573 e. The van der Waals surface area contributed by atoms with Crippen molar-refractivity contribution in [2.24, 2.45) is 5.92 Å². The summed E-state index contributed by atoms with van der Waals surface area (Å²) in [6.45, 7) is 0. The van der Waals surface area contributed by atoms with Crippen LogP contribution in [0.25, 0.3) is 0 Å². The number of aliphatic hydroxyl groups excluding tert-OH is 1. The Morgan fingerprint density at radius 1 is 1.62 bits per heavy atom. The molecule has 0 heterocycles. The number of hydrogen-bond acceptors (Lipinski definition) is 1. The second-order valence-corrected chi connectivity index (χ2v) is 2.77. The van der Waals surface area contributed by atoms with Crippen molar-refractivity contribution in [3.63, 3.8) is 0 Å². The molecule has 0 aromatic carbocycles. The molecule has 0 aromatic heterocycles. The van der Waals surface area contributed by atoms with Gasteiger partial charge in [-0.05, 0) is 25.2 Å². The van der Waals surface area contributed by atoms with Crippen LogP contribution in [0.15, 0.2) is 0 Å². The minimum atomic E-state index is 0.0122. The van der Waals surface area contributed by atoms with Crippen molar-refractivity contribution in [1.82, 2.24) is 0 Å². The van der Waals surface area contributed by atoms with Gasteiger partial charge in [-0.3, -0.25) is 0 Å². The molecule has 1 rings (SSSR count). The van der Waals surface area contributed by atoms with Gasteiger partial charge < -0.3 is 5.11 Å². The summed E-state index contributed by atoms with van der Waals surface area (Å²) in [7, 11) is 0. The number of rotatable bonds is 3. The fourth-order valence-corrected chi connectivity index (χ4v) is 1.04. The Bertz CT molecular complexity index is 74.9. The van der Waals surface area contributed by atoms with E-state index < -0.39 is 0 Å². The van der Waals surface area contributed by atoms with Crippen LogP contribution in [0, 0.1) is 5.92 Å². The van der Waals surface area contributed by atoms with E-state index in [2.05, 4.69) is 0 Å². The highest BCUT2D eigenvalue weighted by molar-refractivity contribution is 6.17. The lowest BCUT2D eigenvalue weighted by atomic mass is 10.2. The van der Waals surface area contributed by atoms with Crippen LogP contribution in [0.3, 0.4) is 0 Å². The van der Waals surface area contributed by atoms with Gasteiger partial charge in [0.05, 0.1) is 6.10 Å². The van der Waals surface area contributed by atoms with Gasteiger partial charge in [-0.2, -0.15) is 0 Å². The van der Waals surface area contributed by atoms with E-state index in [1.807, 2.05) is 0 Å². The molecule has 1 aliphatic carbocycles. The molecule has 0 aliphatic heterocycles. The van der Waals surface area contributed by atoms with Crippen molar-refractivity contribution in [2.75, 3.05) is 5.88 Å². The summed E-state index contributed by atoms with van der Waals surface area (Å²) >= 11 is 5.44. The van der Waals surface area contributed by atoms with Gasteiger partial charge in [0, 0.05) is 5.88 Å². The van der Waals surface area contributed by atoms with Gasteiger partial charge in [-0.1, -0.05) is 0 Å². The third-order valence-corrected chi connectivity index (χ3v) is 1.86. The molecule has 1 saturated carbocycles. The summed E-state index contributed by atoms with van der Waals surface area (Å²) in [6, 6.07) is 0. The Morgan fingerprint density at radius 3 is 2.62 bits per heavy atom. The van der Waals surface area contributed by atoms with Crippen molar-refractivity contribution in [2.45, 2.75) is 25.4 Å². The summed E-state index contributed by atoms with van der Waals surface area (Å²) in [5.41, 5.74) is 0. The Balaban J connectivity index is 1.89. The van der Waals surface area contributed by atoms with Crippen LogP contribution >= 0.6 is 11.6 Å². The molecule has 8 heavy (non-hydrogen) atoms. The largest absolute Gasteiger partial charge is 0.393 e. The van der Waals surface area contributed by atoms with E-state index in [0.717, 1.165) is 25.1 Å². The van der Waals surface area contributed by atoms with Crippen LogP contribution in [0.1, 0.15) is 19.3 Å². The van der Waals surface area contributed by atoms with Crippen molar-refractivity contribution >= 4 is 11.6 Å². The first-order valence-electron chi connectivity index (χ1n) is 3.08. The minimum absolute atomic E-state index is 0.0122. The quantitative estimate of drug-likeness (QED) is 0.579. The molecule has 1 nitrogen and oxygen atoms in total. The summed E-state index contributed by atoms with van der Waals surface area (Å²) in [5, 5.41) is 8.81. The average Bonchev–Trinajstić information content (AvgIpc) is 2.42. The second kappa shape index (κ2) is 2.70. The van der Waals surface area contributed by atoms with E-state index in [4.69, 9.17) is 16.7 Å². The van der Waals surface area contributed by atoms with Gasteiger partial charge in [-0.15, -0.1) is 11.6 Å². The zero-order valence-corrected chi connectivity index (χ0v) is 5.56. The maximum Gasteiger partial charge on any atom is 0.0573 e. The zero-order valence-electron chi connectivity index (χ0n) is 4.81. The second-order valence-electron chi connectivity index (χ2n) is 2.39. The van der Waals surface area contributed by atoms with Crippen LogP contribution in [-0.4, -0.2) is 17.1 Å². The summed E-state index contributed by atoms with van der Waals surface area (Å²) in [6.07, 6.45) is 3.20. The molecule has 0 amide bonds. The highest BCUT2D eigenvalue weighted by Crippen LogP contribution is 2.34. The van der Waals surface area contributed by atoms with Crippen molar-refractivity contribution in [3.8, 4) is 0 Å². The molecule has 0 saturated heterocycles. The molecule has 1 N–H and O–H groups in total. The highest BCUT2D eigenvalue weighted by Gasteiger charge is 2.33. The number of hydrogen-bond donors (Lipinski definition) is 1. The Hall–Kier alpha value is 0.250. The van der Waals surface area contributed by atoms with E-state index in [9.17, 15) is 0 Å². The van der Waals surface area contributed by atoms with Crippen LogP contribution in [0.5, 0.6) is 0 Å². The van der Waals surface area contributed by atoms with Gasteiger partial charge in [0.15, 0.2) is 0 Å². The normalized spacial score (nSPS) is 35.2. The SMILES string of the molecule is O[C@H]1C[C@H]1CCCCl. The van der Waals surface area contributed by atoms with Crippen LogP contribution in [-0.2, 0) is 0 Å². The molecule has 0 unspecified atom stereocenters. The Kier molecular flexibility index (Phi) is 2.15. The molecule has 0 bridgehead atoms. The predicted octanol–water partition coefficient (Wildman–Crippen LogP) is 1.39. The predicted molar refractivity (Wildman–Crippen MR) is 34.1 cm³/mol. The Labute approximate surface area is 54.7 Å². The van der Waals surface area contributed by atoms with Gasteiger partial charge in [0.1, 0.15) is 0 Å². The molecular formula is C6H11ClO. The highest BCUT2D eigenvalue weighted by atomic mass is 35.5. The van der Waals surface area contributed by atoms with Crippen LogP contribution < -0.4 is 0 Å². The van der Waals surface area contributed by atoms with E-state index in [0.29, 0.717) is 5.92 Å². The monoisotopic (exact) mass is 134 g/mol. The molecule has 1 aliphatic rings. The van der Waals surface area contributed by atoms with Crippen molar-refractivity contribution in [3.05, 3.63) is 0 Å². The summed E-state index contributed by atoms with van der Waals surface area (Å²) < 4.78 is 0. The Morgan fingerprint density at radius 2 is 2.25 bits per heavy atom. The summed E-state index contributed by atoms with van der Waals surface area (Å²) in [5.74, 6) is 1.33. The van der Waals surface area contributed by atoms with Gasteiger partial charge in [0.25, 0.3) is 0 Å². The van der Waals surface area contributed by atoms with Gasteiger partial charge in [0.2, 0.25) is 0 Å².